The van der Waals surface area contributed by atoms with E-state index in [0.29, 0.717) is 17.4 Å². The molecule has 0 bridgehead atoms. The summed E-state index contributed by atoms with van der Waals surface area (Å²) in [5, 5.41) is -0.0205. The van der Waals surface area contributed by atoms with Crippen molar-refractivity contribution in [2.24, 2.45) is 5.92 Å². The van der Waals surface area contributed by atoms with Crippen molar-refractivity contribution in [3.8, 4) is 17.2 Å². The van der Waals surface area contributed by atoms with Crippen molar-refractivity contribution < 1.29 is 19.0 Å². The first kappa shape index (κ1) is 17.3. The highest BCUT2D eigenvalue weighted by Gasteiger charge is 2.37. The Balaban J connectivity index is 1.92. The summed E-state index contributed by atoms with van der Waals surface area (Å²) < 4.78 is 16.4. The Hall–Kier alpha value is -1.56. The SMILES string of the molecule is COc1cc(OC)c(C2SCCN2C(=O)C2CCCC2)cc1OC. The number of ether oxygens (including phenoxy) is 3. The van der Waals surface area contributed by atoms with Crippen LogP contribution in [0.4, 0.5) is 0 Å². The van der Waals surface area contributed by atoms with Crippen LogP contribution in [0.1, 0.15) is 36.6 Å². The first-order chi connectivity index (χ1) is 11.7. The van der Waals surface area contributed by atoms with E-state index < -0.39 is 0 Å². The molecule has 5 nitrogen and oxygen atoms in total. The molecule has 1 atom stereocenters. The van der Waals surface area contributed by atoms with Gasteiger partial charge in [-0.25, -0.2) is 0 Å². The molecule has 0 radical (unpaired) electrons. The molecule has 6 heteroatoms. The van der Waals surface area contributed by atoms with Gasteiger partial charge in [-0.3, -0.25) is 4.79 Å². The summed E-state index contributed by atoms with van der Waals surface area (Å²) >= 11 is 1.78. The van der Waals surface area contributed by atoms with Gasteiger partial charge in [0.2, 0.25) is 5.91 Å². The molecule has 1 saturated heterocycles. The van der Waals surface area contributed by atoms with Gasteiger partial charge >= 0.3 is 0 Å². The van der Waals surface area contributed by atoms with Crippen LogP contribution in [0.2, 0.25) is 0 Å². The Morgan fingerprint density at radius 1 is 1.04 bits per heavy atom. The fourth-order valence-electron chi connectivity index (χ4n) is 3.61. The number of rotatable bonds is 5. The molecule has 3 rings (SSSR count). The normalized spacial score (nSPS) is 21.1. The molecule has 24 heavy (non-hydrogen) atoms. The van der Waals surface area contributed by atoms with Gasteiger partial charge < -0.3 is 19.1 Å². The van der Waals surface area contributed by atoms with Crippen LogP contribution in [-0.2, 0) is 4.79 Å². The zero-order valence-corrected chi connectivity index (χ0v) is 15.4. The molecule has 0 N–H and O–H groups in total. The summed E-state index contributed by atoms with van der Waals surface area (Å²) in [6.45, 7) is 0.794. The van der Waals surface area contributed by atoms with E-state index >= 15 is 0 Å². The Bertz CT molecular complexity index is 601. The predicted molar refractivity (Wildman–Crippen MR) is 95.0 cm³/mol. The Morgan fingerprint density at radius 3 is 2.29 bits per heavy atom. The first-order valence-corrected chi connectivity index (χ1v) is 9.46. The second kappa shape index (κ2) is 7.55. The first-order valence-electron chi connectivity index (χ1n) is 8.41. The predicted octanol–water partition coefficient (Wildman–Crippen LogP) is 3.48. The lowest BCUT2D eigenvalue weighted by Crippen LogP contribution is -2.34. The van der Waals surface area contributed by atoms with Gasteiger partial charge in [0.1, 0.15) is 11.1 Å². The molecule has 2 fully saturated rings. The zero-order valence-electron chi connectivity index (χ0n) is 14.5. The van der Waals surface area contributed by atoms with Crippen LogP contribution in [0.3, 0.4) is 0 Å². The van der Waals surface area contributed by atoms with Gasteiger partial charge in [-0.1, -0.05) is 12.8 Å². The van der Waals surface area contributed by atoms with E-state index in [-0.39, 0.29) is 11.3 Å². The van der Waals surface area contributed by atoms with Gasteiger partial charge in [0.25, 0.3) is 0 Å². The second-order valence-electron chi connectivity index (χ2n) is 6.19. The molecular formula is C18H25NO4S. The summed E-state index contributed by atoms with van der Waals surface area (Å²) in [4.78, 5) is 14.9. The number of carbonyl (C=O) groups is 1. The standard InChI is InChI=1S/C18H25NO4S/c1-21-14-11-16(23-3)15(22-2)10-13(14)18-19(8-9-24-18)17(20)12-6-4-5-7-12/h10-12,18H,4-9H2,1-3H3. The highest BCUT2D eigenvalue weighted by molar-refractivity contribution is 7.99. The van der Waals surface area contributed by atoms with Crippen molar-refractivity contribution in [2.75, 3.05) is 33.6 Å². The third-order valence-electron chi connectivity index (χ3n) is 4.88. The summed E-state index contributed by atoms with van der Waals surface area (Å²) in [7, 11) is 4.88. The van der Waals surface area contributed by atoms with E-state index in [1.807, 2.05) is 17.0 Å². The maximum absolute atomic E-state index is 12.9. The third kappa shape index (κ3) is 3.16. The summed E-state index contributed by atoms with van der Waals surface area (Å²) in [5.41, 5.74) is 0.976. The van der Waals surface area contributed by atoms with Crippen molar-refractivity contribution in [1.82, 2.24) is 4.90 Å². The molecule has 1 unspecified atom stereocenters. The van der Waals surface area contributed by atoms with Crippen LogP contribution >= 0.6 is 11.8 Å². The average molecular weight is 351 g/mol. The van der Waals surface area contributed by atoms with Gasteiger partial charge in [-0.15, -0.1) is 11.8 Å². The summed E-state index contributed by atoms with van der Waals surface area (Å²) in [5.74, 6) is 3.46. The van der Waals surface area contributed by atoms with E-state index in [4.69, 9.17) is 14.2 Å². The van der Waals surface area contributed by atoms with Crippen LogP contribution in [0.15, 0.2) is 12.1 Å². The second-order valence-corrected chi connectivity index (χ2v) is 7.37. The molecule has 1 amide bonds. The quantitative estimate of drug-likeness (QED) is 0.813. The maximum Gasteiger partial charge on any atom is 0.226 e. The molecule has 1 aliphatic heterocycles. The number of hydrogen-bond donors (Lipinski definition) is 0. The minimum Gasteiger partial charge on any atom is -0.496 e. The highest BCUT2D eigenvalue weighted by atomic mass is 32.2. The number of methoxy groups -OCH3 is 3. The molecule has 2 aliphatic rings. The lowest BCUT2D eigenvalue weighted by Gasteiger charge is -2.28. The van der Waals surface area contributed by atoms with E-state index in [1.54, 1.807) is 33.1 Å². The van der Waals surface area contributed by atoms with Gasteiger partial charge in [-0.2, -0.15) is 0 Å². The molecule has 1 heterocycles. The lowest BCUT2D eigenvalue weighted by molar-refractivity contribution is -0.135. The fraction of sp³-hybridized carbons (Fsp3) is 0.611. The van der Waals surface area contributed by atoms with Crippen molar-refractivity contribution >= 4 is 17.7 Å². The molecule has 1 saturated carbocycles. The van der Waals surface area contributed by atoms with Gasteiger partial charge in [0.05, 0.1) is 21.3 Å². The van der Waals surface area contributed by atoms with Crippen molar-refractivity contribution in [1.29, 1.82) is 0 Å². The fourth-order valence-corrected chi connectivity index (χ4v) is 4.88. The summed E-state index contributed by atoms with van der Waals surface area (Å²) in [6, 6.07) is 3.78. The minimum atomic E-state index is -0.0205. The Morgan fingerprint density at radius 2 is 1.67 bits per heavy atom. The lowest BCUT2D eigenvalue weighted by atomic mass is 10.1. The molecule has 1 aliphatic carbocycles. The maximum atomic E-state index is 12.9. The summed E-state index contributed by atoms with van der Waals surface area (Å²) in [6.07, 6.45) is 4.38. The largest absolute Gasteiger partial charge is 0.496 e. The van der Waals surface area contributed by atoms with E-state index in [2.05, 4.69) is 0 Å². The molecule has 1 aromatic carbocycles. The number of nitrogens with zero attached hydrogens (tertiary/aromatic N) is 1. The molecular weight excluding hydrogens is 326 g/mol. The minimum absolute atomic E-state index is 0.0205. The number of amides is 1. The van der Waals surface area contributed by atoms with Crippen LogP contribution in [-0.4, -0.2) is 44.4 Å². The van der Waals surface area contributed by atoms with E-state index in [0.717, 1.165) is 36.5 Å². The van der Waals surface area contributed by atoms with Crippen molar-refractivity contribution in [3.05, 3.63) is 17.7 Å². The van der Waals surface area contributed by atoms with E-state index in [1.165, 1.54) is 12.8 Å². The highest BCUT2D eigenvalue weighted by Crippen LogP contribution is 2.47. The number of carbonyl (C=O) groups excluding carboxylic acids is 1. The molecule has 1 aromatic rings. The molecule has 0 aromatic heterocycles. The van der Waals surface area contributed by atoms with Crippen LogP contribution in [0, 0.1) is 5.92 Å². The smallest absolute Gasteiger partial charge is 0.226 e. The number of benzene rings is 1. The van der Waals surface area contributed by atoms with Crippen molar-refractivity contribution in [2.45, 2.75) is 31.1 Å². The van der Waals surface area contributed by atoms with Crippen molar-refractivity contribution in [3.63, 3.8) is 0 Å². The monoisotopic (exact) mass is 351 g/mol. The third-order valence-corrected chi connectivity index (χ3v) is 6.12. The van der Waals surface area contributed by atoms with Crippen LogP contribution in [0.5, 0.6) is 17.2 Å². The zero-order chi connectivity index (χ0) is 17.1. The van der Waals surface area contributed by atoms with Gasteiger partial charge in [0, 0.05) is 29.8 Å². The number of hydrogen-bond acceptors (Lipinski definition) is 5. The van der Waals surface area contributed by atoms with Gasteiger partial charge in [0.15, 0.2) is 11.5 Å². The molecule has 0 spiro atoms. The Kier molecular flexibility index (Phi) is 5.43. The molecule has 132 valence electrons. The topological polar surface area (TPSA) is 48.0 Å². The average Bonchev–Trinajstić information content (AvgIpc) is 3.31. The van der Waals surface area contributed by atoms with Gasteiger partial charge in [-0.05, 0) is 18.9 Å². The Labute approximate surface area is 147 Å². The van der Waals surface area contributed by atoms with Crippen LogP contribution < -0.4 is 14.2 Å². The van der Waals surface area contributed by atoms with E-state index in [9.17, 15) is 4.79 Å². The van der Waals surface area contributed by atoms with Crippen LogP contribution in [0.25, 0.3) is 0 Å². The number of thioether (sulfide) groups is 1.